The first-order chi connectivity index (χ1) is 9.69. The van der Waals surface area contributed by atoms with Gasteiger partial charge in [-0.1, -0.05) is 0 Å². The lowest BCUT2D eigenvalue weighted by Crippen LogP contribution is -2.33. The standard InChI is InChI=1S/C15H20N2O2S/c1-11(2)17-12(10-16)5-8-20-13-3-4-14-15(9-13)19-7-6-18-14/h3-4,9,11-12,17H,5-8H2,1-2H3. The van der Waals surface area contributed by atoms with Crippen LogP contribution in [-0.2, 0) is 0 Å². The fourth-order valence-electron chi connectivity index (χ4n) is 2.00. The summed E-state index contributed by atoms with van der Waals surface area (Å²) in [5.41, 5.74) is 0. The average Bonchev–Trinajstić information content (AvgIpc) is 2.45. The van der Waals surface area contributed by atoms with E-state index in [1.165, 1.54) is 0 Å². The van der Waals surface area contributed by atoms with Crippen LogP contribution in [0.1, 0.15) is 20.3 Å². The monoisotopic (exact) mass is 292 g/mol. The third-order valence-electron chi connectivity index (χ3n) is 2.88. The zero-order valence-corrected chi connectivity index (χ0v) is 12.7. The van der Waals surface area contributed by atoms with Crippen LogP contribution >= 0.6 is 11.8 Å². The molecule has 0 fully saturated rings. The maximum atomic E-state index is 9.07. The summed E-state index contributed by atoms with van der Waals surface area (Å²) in [7, 11) is 0. The Labute approximate surface area is 124 Å². The molecule has 5 heteroatoms. The van der Waals surface area contributed by atoms with Crippen LogP contribution in [0.3, 0.4) is 0 Å². The number of ether oxygens (including phenoxy) is 2. The van der Waals surface area contributed by atoms with E-state index in [-0.39, 0.29) is 6.04 Å². The minimum atomic E-state index is -0.0836. The van der Waals surface area contributed by atoms with Crippen LogP contribution in [0, 0.1) is 11.3 Å². The predicted molar refractivity (Wildman–Crippen MR) is 80.4 cm³/mol. The number of hydrogen-bond donors (Lipinski definition) is 1. The number of thioether (sulfide) groups is 1. The molecule has 1 unspecified atom stereocenters. The molecule has 20 heavy (non-hydrogen) atoms. The Morgan fingerprint density at radius 1 is 1.30 bits per heavy atom. The van der Waals surface area contributed by atoms with Crippen molar-refractivity contribution in [1.29, 1.82) is 5.26 Å². The third-order valence-corrected chi connectivity index (χ3v) is 3.91. The molecule has 1 aliphatic rings. The molecule has 1 heterocycles. The van der Waals surface area contributed by atoms with E-state index in [4.69, 9.17) is 14.7 Å². The summed E-state index contributed by atoms with van der Waals surface area (Å²) in [5.74, 6) is 2.53. The lowest BCUT2D eigenvalue weighted by Gasteiger charge is -2.19. The Kier molecular flexibility index (Phi) is 5.57. The lowest BCUT2D eigenvalue weighted by molar-refractivity contribution is 0.171. The molecule has 1 aromatic carbocycles. The highest BCUT2D eigenvalue weighted by Gasteiger charge is 2.12. The van der Waals surface area contributed by atoms with Crippen molar-refractivity contribution in [2.24, 2.45) is 0 Å². The summed E-state index contributed by atoms with van der Waals surface area (Å²) in [6.07, 6.45) is 0.827. The molecule has 0 spiro atoms. The molecule has 0 aromatic heterocycles. The molecule has 4 nitrogen and oxygen atoms in total. The highest BCUT2D eigenvalue weighted by Crippen LogP contribution is 2.34. The van der Waals surface area contributed by atoms with Crippen LogP contribution in [0.25, 0.3) is 0 Å². The van der Waals surface area contributed by atoms with E-state index in [1.54, 1.807) is 11.8 Å². The van der Waals surface area contributed by atoms with Crippen LogP contribution in [0.2, 0.25) is 0 Å². The van der Waals surface area contributed by atoms with E-state index in [0.29, 0.717) is 19.3 Å². The zero-order chi connectivity index (χ0) is 14.4. The Balaban J connectivity index is 1.83. The largest absolute Gasteiger partial charge is 0.486 e. The maximum Gasteiger partial charge on any atom is 0.162 e. The SMILES string of the molecule is CC(C)NC(C#N)CCSc1ccc2c(c1)OCCO2. The summed E-state index contributed by atoms with van der Waals surface area (Å²) in [6.45, 7) is 5.33. The summed E-state index contributed by atoms with van der Waals surface area (Å²) < 4.78 is 11.1. The highest BCUT2D eigenvalue weighted by atomic mass is 32.2. The molecule has 1 atom stereocenters. The fourth-order valence-corrected chi connectivity index (χ4v) is 2.94. The zero-order valence-electron chi connectivity index (χ0n) is 11.9. The van der Waals surface area contributed by atoms with Crippen LogP contribution in [0.15, 0.2) is 23.1 Å². The fraction of sp³-hybridized carbons (Fsp3) is 0.533. The molecule has 1 aromatic rings. The molecule has 2 rings (SSSR count). The molecule has 0 saturated carbocycles. The predicted octanol–water partition coefficient (Wildman–Crippen LogP) is 2.83. The molecular formula is C15H20N2O2S. The average molecular weight is 292 g/mol. The summed E-state index contributed by atoms with van der Waals surface area (Å²) >= 11 is 1.74. The number of nitriles is 1. The smallest absolute Gasteiger partial charge is 0.162 e. The van der Waals surface area contributed by atoms with E-state index >= 15 is 0 Å². The van der Waals surface area contributed by atoms with Gasteiger partial charge in [0.1, 0.15) is 13.2 Å². The molecule has 1 aliphatic heterocycles. The quantitative estimate of drug-likeness (QED) is 0.817. The van der Waals surface area contributed by atoms with Crippen molar-refractivity contribution >= 4 is 11.8 Å². The van der Waals surface area contributed by atoms with E-state index in [0.717, 1.165) is 28.6 Å². The van der Waals surface area contributed by atoms with Gasteiger partial charge in [-0.3, -0.25) is 5.32 Å². The van der Waals surface area contributed by atoms with E-state index in [1.807, 2.05) is 18.2 Å². The van der Waals surface area contributed by atoms with Gasteiger partial charge in [-0.25, -0.2) is 0 Å². The van der Waals surface area contributed by atoms with Gasteiger partial charge in [0.25, 0.3) is 0 Å². The second-order valence-corrected chi connectivity index (χ2v) is 6.11. The van der Waals surface area contributed by atoms with Gasteiger partial charge in [-0.2, -0.15) is 5.26 Å². The van der Waals surface area contributed by atoms with Crippen LogP contribution in [0.4, 0.5) is 0 Å². The number of fused-ring (bicyclic) bond motifs is 1. The highest BCUT2D eigenvalue weighted by molar-refractivity contribution is 7.99. The van der Waals surface area contributed by atoms with Crippen molar-refractivity contribution in [1.82, 2.24) is 5.32 Å². The summed E-state index contributed by atoms with van der Waals surface area (Å²) in [5, 5.41) is 12.3. The molecule has 0 radical (unpaired) electrons. The van der Waals surface area contributed by atoms with Gasteiger partial charge in [0, 0.05) is 16.7 Å². The Hall–Kier alpha value is -1.38. The van der Waals surface area contributed by atoms with Gasteiger partial charge < -0.3 is 9.47 Å². The molecule has 1 N–H and O–H groups in total. The van der Waals surface area contributed by atoms with Crippen molar-refractivity contribution in [2.75, 3.05) is 19.0 Å². The van der Waals surface area contributed by atoms with E-state index in [2.05, 4.69) is 25.2 Å². The number of benzene rings is 1. The molecule has 0 saturated heterocycles. The van der Waals surface area contributed by atoms with Crippen LogP contribution in [0.5, 0.6) is 11.5 Å². The van der Waals surface area contributed by atoms with Gasteiger partial charge in [0.15, 0.2) is 11.5 Å². The van der Waals surface area contributed by atoms with Gasteiger partial charge in [-0.05, 0) is 38.5 Å². The minimum absolute atomic E-state index is 0.0836. The molecule has 0 amide bonds. The first-order valence-electron chi connectivity index (χ1n) is 6.87. The third kappa shape index (κ3) is 4.32. The summed E-state index contributed by atoms with van der Waals surface area (Å²) in [4.78, 5) is 1.15. The van der Waals surface area contributed by atoms with Gasteiger partial charge in [0.2, 0.25) is 0 Å². The van der Waals surface area contributed by atoms with Crippen molar-refractivity contribution in [3.8, 4) is 17.6 Å². The van der Waals surface area contributed by atoms with Gasteiger partial charge >= 0.3 is 0 Å². The maximum absolute atomic E-state index is 9.07. The Morgan fingerprint density at radius 3 is 2.75 bits per heavy atom. The molecule has 108 valence electrons. The van der Waals surface area contributed by atoms with Gasteiger partial charge in [0.05, 0.1) is 12.1 Å². The second kappa shape index (κ2) is 7.41. The van der Waals surface area contributed by atoms with Crippen molar-refractivity contribution < 1.29 is 9.47 Å². The minimum Gasteiger partial charge on any atom is -0.486 e. The van der Waals surface area contributed by atoms with Crippen molar-refractivity contribution in [3.05, 3.63) is 18.2 Å². The Morgan fingerprint density at radius 2 is 2.05 bits per heavy atom. The first-order valence-corrected chi connectivity index (χ1v) is 7.85. The first kappa shape index (κ1) is 15.0. The van der Waals surface area contributed by atoms with Crippen LogP contribution < -0.4 is 14.8 Å². The molecule has 0 bridgehead atoms. The number of nitrogens with zero attached hydrogens (tertiary/aromatic N) is 1. The van der Waals surface area contributed by atoms with Crippen LogP contribution in [-0.4, -0.2) is 31.1 Å². The topological polar surface area (TPSA) is 54.3 Å². The molecular weight excluding hydrogens is 272 g/mol. The van der Waals surface area contributed by atoms with E-state index < -0.39 is 0 Å². The Bertz CT molecular complexity index is 485. The number of rotatable bonds is 6. The van der Waals surface area contributed by atoms with Gasteiger partial charge in [-0.15, -0.1) is 11.8 Å². The summed E-state index contributed by atoms with van der Waals surface area (Å²) in [6, 6.07) is 8.55. The van der Waals surface area contributed by atoms with E-state index in [9.17, 15) is 0 Å². The van der Waals surface area contributed by atoms with Crippen molar-refractivity contribution in [2.45, 2.75) is 37.2 Å². The number of nitrogens with one attached hydrogen (secondary N) is 1. The lowest BCUT2D eigenvalue weighted by atomic mass is 10.2. The van der Waals surface area contributed by atoms with Crippen molar-refractivity contribution in [3.63, 3.8) is 0 Å². The number of hydrogen-bond acceptors (Lipinski definition) is 5. The normalized spacial score (nSPS) is 14.9. The molecule has 0 aliphatic carbocycles. The second-order valence-electron chi connectivity index (χ2n) is 4.95.